The molecule has 7 heteroatoms. The second-order valence-corrected chi connectivity index (χ2v) is 7.68. The number of amides is 1. The Labute approximate surface area is 176 Å². The molecule has 1 saturated heterocycles. The van der Waals surface area contributed by atoms with E-state index in [1.165, 1.54) is 5.69 Å². The Morgan fingerprint density at radius 3 is 2.50 bits per heavy atom. The lowest BCUT2D eigenvalue weighted by atomic mass is 10.1. The predicted molar refractivity (Wildman–Crippen MR) is 116 cm³/mol. The molecule has 1 fully saturated rings. The number of nitrogens with zero attached hydrogens (tertiary/aromatic N) is 2. The van der Waals surface area contributed by atoms with Crippen LogP contribution >= 0.6 is 23.2 Å². The van der Waals surface area contributed by atoms with E-state index in [1.54, 1.807) is 18.2 Å². The topological polar surface area (TPSA) is 44.8 Å². The van der Waals surface area contributed by atoms with E-state index in [0.717, 1.165) is 44.0 Å². The molecule has 28 heavy (non-hydrogen) atoms. The Balaban J connectivity index is 1.55. The van der Waals surface area contributed by atoms with Crippen LogP contribution in [0.1, 0.15) is 12.5 Å². The highest BCUT2D eigenvalue weighted by Gasteiger charge is 2.17. The Morgan fingerprint density at radius 2 is 1.86 bits per heavy atom. The summed E-state index contributed by atoms with van der Waals surface area (Å²) in [5.41, 5.74) is 3.12. The van der Waals surface area contributed by atoms with E-state index in [-0.39, 0.29) is 12.5 Å². The second-order valence-electron chi connectivity index (χ2n) is 6.83. The summed E-state index contributed by atoms with van der Waals surface area (Å²) < 4.78 is 5.48. The first kappa shape index (κ1) is 20.8. The Hall–Kier alpha value is -1.95. The lowest BCUT2D eigenvalue weighted by Gasteiger charge is -2.36. The van der Waals surface area contributed by atoms with Crippen molar-refractivity contribution >= 4 is 40.5 Å². The van der Waals surface area contributed by atoms with Crippen LogP contribution in [-0.4, -0.2) is 50.1 Å². The molecular weight excluding hydrogens is 397 g/mol. The van der Waals surface area contributed by atoms with Gasteiger partial charge < -0.3 is 19.9 Å². The molecule has 0 radical (unpaired) electrons. The number of ether oxygens (including phenoxy) is 1. The highest BCUT2D eigenvalue weighted by atomic mass is 35.5. The molecule has 2 aromatic carbocycles. The Bertz CT molecular complexity index is 836. The third-order valence-corrected chi connectivity index (χ3v) is 5.42. The van der Waals surface area contributed by atoms with Crippen molar-refractivity contribution in [3.63, 3.8) is 0 Å². The summed E-state index contributed by atoms with van der Waals surface area (Å²) in [6.45, 7) is 9.45. The molecule has 5 nitrogen and oxygen atoms in total. The zero-order valence-electron chi connectivity index (χ0n) is 16.2. The van der Waals surface area contributed by atoms with Crippen molar-refractivity contribution in [1.82, 2.24) is 4.90 Å². The van der Waals surface area contributed by atoms with Gasteiger partial charge in [0, 0.05) is 42.6 Å². The minimum absolute atomic E-state index is 0.124. The molecular formula is C21H25Cl2N3O2. The lowest BCUT2D eigenvalue weighted by Crippen LogP contribution is -2.46. The standard InChI is InChI=1S/C21H25Cl2N3O2/c1-3-25-8-10-26(11-9-25)19-6-5-17(12-15(19)2)24-21(27)14-28-20-7-4-16(22)13-18(20)23/h4-7,12-13H,3,8-11,14H2,1-2H3,(H,24,27). The molecule has 0 bridgehead atoms. The van der Waals surface area contributed by atoms with Gasteiger partial charge in [-0.3, -0.25) is 4.79 Å². The van der Waals surface area contributed by atoms with E-state index in [4.69, 9.17) is 27.9 Å². The van der Waals surface area contributed by atoms with Gasteiger partial charge in [0.25, 0.3) is 5.91 Å². The quantitative estimate of drug-likeness (QED) is 0.747. The summed E-state index contributed by atoms with van der Waals surface area (Å²) in [7, 11) is 0. The molecule has 3 rings (SSSR count). The number of rotatable bonds is 6. The number of carbonyl (C=O) groups is 1. The minimum atomic E-state index is -0.241. The zero-order valence-corrected chi connectivity index (χ0v) is 17.7. The summed E-state index contributed by atoms with van der Waals surface area (Å²) in [6, 6.07) is 10.9. The monoisotopic (exact) mass is 421 g/mol. The number of piperazine rings is 1. The predicted octanol–water partition coefficient (Wildman–Crippen LogP) is 4.46. The van der Waals surface area contributed by atoms with Crippen molar-refractivity contribution in [2.75, 3.05) is 49.5 Å². The van der Waals surface area contributed by atoms with Crippen molar-refractivity contribution < 1.29 is 9.53 Å². The van der Waals surface area contributed by atoms with Gasteiger partial charge in [0.15, 0.2) is 6.61 Å². The van der Waals surface area contributed by atoms with Crippen LogP contribution in [0.3, 0.4) is 0 Å². The maximum Gasteiger partial charge on any atom is 0.262 e. The molecule has 0 atom stereocenters. The molecule has 1 aliphatic heterocycles. The smallest absolute Gasteiger partial charge is 0.262 e. The van der Waals surface area contributed by atoms with Gasteiger partial charge in [-0.1, -0.05) is 30.1 Å². The van der Waals surface area contributed by atoms with Gasteiger partial charge in [-0.15, -0.1) is 0 Å². The highest BCUT2D eigenvalue weighted by molar-refractivity contribution is 6.35. The highest BCUT2D eigenvalue weighted by Crippen LogP contribution is 2.28. The van der Waals surface area contributed by atoms with Crippen LogP contribution in [0.4, 0.5) is 11.4 Å². The third-order valence-electron chi connectivity index (χ3n) is 4.89. The first-order valence-corrected chi connectivity index (χ1v) is 10.2. The van der Waals surface area contributed by atoms with Crippen molar-refractivity contribution in [2.24, 2.45) is 0 Å². The average Bonchev–Trinajstić information content (AvgIpc) is 2.67. The van der Waals surface area contributed by atoms with Crippen molar-refractivity contribution in [2.45, 2.75) is 13.8 Å². The summed E-state index contributed by atoms with van der Waals surface area (Å²) in [4.78, 5) is 17.1. The van der Waals surface area contributed by atoms with Crippen LogP contribution in [-0.2, 0) is 4.79 Å². The maximum atomic E-state index is 12.2. The number of hydrogen-bond donors (Lipinski definition) is 1. The van der Waals surface area contributed by atoms with Crippen LogP contribution in [0.2, 0.25) is 10.0 Å². The third kappa shape index (κ3) is 5.31. The minimum Gasteiger partial charge on any atom is -0.482 e. The van der Waals surface area contributed by atoms with E-state index in [2.05, 4.69) is 35.0 Å². The maximum absolute atomic E-state index is 12.2. The summed E-state index contributed by atoms with van der Waals surface area (Å²) in [5, 5.41) is 3.77. The van der Waals surface area contributed by atoms with Crippen molar-refractivity contribution in [3.05, 3.63) is 52.0 Å². The Kier molecular flexibility index (Phi) is 7.05. The molecule has 0 saturated carbocycles. The SMILES string of the molecule is CCN1CCN(c2ccc(NC(=O)COc3ccc(Cl)cc3Cl)cc2C)CC1. The number of benzene rings is 2. The number of anilines is 2. The normalized spacial score (nSPS) is 14.8. The van der Waals surface area contributed by atoms with E-state index < -0.39 is 0 Å². The van der Waals surface area contributed by atoms with Gasteiger partial charge in [-0.25, -0.2) is 0 Å². The van der Waals surface area contributed by atoms with Gasteiger partial charge in [-0.2, -0.15) is 0 Å². The molecule has 0 unspecified atom stereocenters. The zero-order chi connectivity index (χ0) is 20.1. The Morgan fingerprint density at radius 1 is 1.11 bits per heavy atom. The van der Waals surface area contributed by atoms with Gasteiger partial charge in [0.2, 0.25) is 0 Å². The van der Waals surface area contributed by atoms with Crippen molar-refractivity contribution in [1.29, 1.82) is 0 Å². The molecule has 0 aliphatic carbocycles. The lowest BCUT2D eigenvalue weighted by molar-refractivity contribution is -0.118. The van der Waals surface area contributed by atoms with Crippen molar-refractivity contribution in [3.8, 4) is 5.75 Å². The molecule has 1 aliphatic rings. The number of nitrogens with one attached hydrogen (secondary N) is 1. The molecule has 0 spiro atoms. The van der Waals surface area contributed by atoms with E-state index in [9.17, 15) is 4.79 Å². The summed E-state index contributed by atoms with van der Waals surface area (Å²) in [6.07, 6.45) is 0. The molecule has 1 heterocycles. The summed E-state index contributed by atoms with van der Waals surface area (Å²) in [5.74, 6) is 0.189. The van der Waals surface area contributed by atoms with Crippen LogP contribution in [0.25, 0.3) is 0 Å². The molecule has 2 aromatic rings. The van der Waals surface area contributed by atoms with Crippen LogP contribution in [0, 0.1) is 6.92 Å². The first-order chi connectivity index (χ1) is 13.5. The molecule has 150 valence electrons. The average molecular weight is 422 g/mol. The number of halogens is 2. The largest absolute Gasteiger partial charge is 0.482 e. The van der Waals surface area contributed by atoms with Crippen LogP contribution < -0.4 is 15.0 Å². The van der Waals surface area contributed by atoms with E-state index in [1.807, 2.05) is 12.1 Å². The summed E-state index contributed by atoms with van der Waals surface area (Å²) >= 11 is 11.9. The van der Waals surface area contributed by atoms with Gasteiger partial charge >= 0.3 is 0 Å². The number of carbonyl (C=O) groups excluding carboxylic acids is 1. The number of likely N-dealkylation sites (N-methyl/N-ethyl adjacent to an activating group) is 1. The van der Waals surface area contributed by atoms with Gasteiger partial charge in [0.05, 0.1) is 5.02 Å². The van der Waals surface area contributed by atoms with Crippen LogP contribution in [0.5, 0.6) is 5.75 Å². The fraction of sp³-hybridized carbons (Fsp3) is 0.381. The van der Waals surface area contributed by atoms with E-state index >= 15 is 0 Å². The molecule has 1 amide bonds. The van der Waals surface area contributed by atoms with Gasteiger partial charge in [-0.05, 0) is 55.4 Å². The van der Waals surface area contributed by atoms with E-state index in [0.29, 0.717) is 15.8 Å². The molecule has 1 N–H and O–H groups in total. The number of aryl methyl sites for hydroxylation is 1. The fourth-order valence-electron chi connectivity index (χ4n) is 3.33. The first-order valence-electron chi connectivity index (χ1n) is 9.42. The van der Waals surface area contributed by atoms with Crippen LogP contribution in [0.15, 0.2) is 36.4 Å². The van der Waals surface area contributed by atoms with Gasteiger partial charge in [0.1, 0.15) is 5.75 Å². The number of hydrogen-bond acceptors (Lipinski definition) is 4. The second kappa shape index (κ2) is 9.50. The molecule has 0 aromatic heterocycles. The fourth-order valence-corrected chi connectivity index (χ4v) is 3.79.